The molecule has 0 radical (unpaired) electrons. The summed E-state index contributed by atoms with van der Waals surface area (Å²) in [6, 6.07) is 11.9. The lowest BCUT2D eigenvalue weighted by Gasteiger charge is -2.38. The molecule has 4 rings (SSSR count). The highest BCUT2D eigenvalue weighted by Gasteiger charge is 2.46. The first kappa shape index (κ1) is 18.4. The zero-order chi connectivity index (χ0) is 18.7. The van der Waals surface area contributed by atoms with Gasteiger partial charge in [0.2, 0.25) is 16.0 Å². The number of anilines is 1. The maximum absolute atomic E-state index is 13.0. The van der Waals surface area contributed by atoms with Gasteiger partial charge in [0.15, 0.2) is 0 Å². The van der Waals surface area contributed by atoms with E-state index in [9.17, 15) is 8.42 Å². The number of hydrogen-bond acceptors (Lipinski definition) is 5. The Bertz CT molecular complexity index is 831. The summed E-state index contributed by atoms with van der Waals surface area (Å²) >= 11 is 0. The summed E-state index contributed by atoms with van der Waals surface area (Å²) in [5, 5.41) is 3.29. The van der Waals surface area contributed by atoms with E-state index in [0.29, 0.717) is 18.3 Å². The Hall–Kier alpha value is -1.99. The standard InChI is InChI=1S/C20H26N4O2S/c25-27(26,12-9-16-5-2-1-3-6-16)24-18-7-8-19(24)14-17(13-18)15-23-20-21-10-4-11-22-20/h1-6,10-11,17-19H,7-9,12-15H2,(H,21,22,23). The second-order valence-electron chi connectivity index (χ2n) is 7.56. The molecule has 0 aliphatic carbocycles. The van der Waals surface area contributed by atoms with Crippen molar-refractivity contribution < 1.29 is 8.42 Å². The fraction of sp³-hybridized carbons (Fsp3) is 0.500. The van der Waals surface area contributed by atoms with Gasteiger partial charge in [-0.2, -0.15) is 4.31 Å². The summed E-state index contributed by atoms with van der Waals surface area (Å²) in [4.78, 5) is 8.39. The van der Waals surface area contributed by atoms with Gasteiger partial charge >= 0.3 is 0 Å². The Kier molecular flexibility index (Phi) is 5.41. The average molecular weight is 387 g/mol. The van der Waals surface area contributed by atoms with Crippen LogP contribution in [0.3, 0.4) is 0 Å². The number of nitrogens with one attached hydrogen (secondary N) is 1. The van der Waals surface area contributed by atoms with Crippen molar-refractivity contribution in [3.63, 3.8) is 0 Å². The second-order valence-corrected chi connectivity index (χ2v) is 9.55. The van der Waals surface area contributed by atoms with E-state index in [1.54, 1.807) is 18.5 Å². The summed E-state index contributed by atoms with van der Waals surface area (Å²) in [5.41, 5.74) is 1.08. The van der Waals surface area contributed by atoms with E-state index in [-0.39, 0.29) is 17.8 Å². The number of aryl methyl sites for hydroxylation is 1. The molecule has 0 saturated carbocycles. The monoisotopic (exact) mass is 386 g/mol. The minimum atomic E-state index is -3.22. The molecule has 6 nitrogen and oxygen atoms in total. The van der Waals surface area contributed by atoms with Crippen molar-refractivity contribution in [3.05, 3.63) is 54.4 Å². The number of aromatic nitrogens is 2. The summed E-state index contributed by atoms with van der Waals surface area (Å²) < 4.78 is 27.8. The van der Waals surface area contributed by atoms with E-state index in [0.717, 1.165) is 37.8 Å². The van der Waals surface area contributed by atoms with Gasteiger partial charge in [-0.05, 0) is 49.7 Å². The minimum Gasteiger partial charge on any atom is -0.354 e. The lowest BCUT2D eigenvalue weighted by Crippen LogP contribution is -2.48. The molecular weight excluding hydrogens is 360 g/mol. The van der Waals surface area contributed by atoms with Gasteiger partial charge < -0.3 is 5.32 Å². The smallest absolute Gasteiger partial charge is 0.222 e. The van der Waals surface area contributed by atoms with Crippen LogP contribution >= 0.6 is 0 Å². The Morgan fingerprint density at radius 1 is 1.00 bits per heavy atom. The Labute approximate surface area is 161 Å². The Balaban J connectivity index is 1.35. The molecule has 0 spiro atoms. The fourth-order valence-corrected chi connectivity index (χ4v) is 6.49. The number of nitrogens with zero attached hydrogens (tertiary/aromatic N) is 3. The molecular formula is C20H26N4O2S. The molecule has 2 aromatic rings. The molecule has 1 aromatic heterocycles. The minimum absolute atomic E-state index is 0.146. The third-order valence-corrected chi connectivity index (χ3v) is 7.65. The molecule has 2 fully saturated rings. The second kappa shape index (κ2) is 7.94. The molecule has 2 aliphatic rings. The normalized spacial score (nSPS) is 25.4. The van der Waals surface area contributed by atoms with Crippen molar-refractivity contribution in [2.45, 2.75) is 44.2 Å². The third kappa shape index (κ3) is 4.30. The van der Waals surface area contributed by atoms with Crippen LogP contribution in [0.1, 0.15) is 31.2 Å². The van der Waals surface area contributed by atoms with Crippen LogP contribution < -0.4 is 5.32 Å². The number of sulfonamides is 1. The Morgan fingerprint density at radius 2 is 1.67 bits per heavy atom. The zero-order valence-electron chi connectivity index (χ0n) is 15.4. The van der Waals surface area contributed by atoms with E-state index >= 15 is 0 Å². The summed E-state index contributed by atoms with van der Waals surface area (Å²) in [6.07, 6.45) is 7.82. The predicted molar refractivity (Wildman–Crippen MR) is 106 cm³/mol. The predicted octanol–water partition coefficient (Wildman–Crippen LogP) is 2.70. The number of benzene rings is 1. The van der Waals surface area contributed by atoms with Crippen molar-refractivity contribution in [1.82, 2.24) is 14.3 Å². The molecule has 2 aliphatic heterocycles. The molecule has 1 aromatic carbocycles. The van der Waals surface area contributed by atoms with Crippen molar-refractivity contribution in [2.24, 2.45) is 5.92 Å². The average Bonchev–Trinajstić information content (AvgIpc) is 2.99. The summed E-state index contributed by atoms with van der Waals surface area (Å²) in [5.74, 6) is 1.31. The Morgan fingerprint density at radius 3 is 2.33 bits per heavy atom. The molecule has 7 heteroatoms. The molecule has 3 heterocycles. The third-order valence-electron chi connectivity index (χ3n) is 5.69. The van der Waals surface area contributed by atoms with Gasteiger partial charge in [0.05, 0.1) is 5.75 Å². The first-order valence-corrected chi connectivity index (χ1v) is 11.3. The van der Waals surface area contributed by atoms with Crippen LogP contribution in [0.2, 0.25) is 0 Å². The van der Waals surface area contributed by atoms with Gasteiger partial charge in [0.25, 0.3) is 0 Å². The van der Waals surface area contributed by atoms with E-state index in [4.69, 9.17) is 0 Å². The number of piperidine rings is 1. The lowest BCUT2D eigenvalue weighted by molar-refractivity contribution is 0.197. The van der Waals surface area contributed by atoms with Crippen LogP contribution in [-0.2, 0) is 16.4 Å². The van der Waals surface area contributed by atoms with Crippen LogP contribution in [0.25, 0.3) is 0 Å². The molecule has 0 amide bonds. The first-order valence-electron chi connectivity index (χ1n) is 9.68. The maximum Gasteiger partial charge on any atom is 0.222 e. The van der Waals surface area contributed by atoms with Crippen LogP contribution in [0.4, 0.5) is 5.95 Å². The number of hydrogen-bond donors (Lipinski definition) is 1. The molecule has 2 atom stereocenters. The van der Waals surface area contributed by atoms with Crippen molar-refractivity contribution in [2.75, 3.05) is 17.6 Å². The lowest BCUT2D eigenvalue weighted by atomic mass is 9.92. The highest BCUT2D eigenvalue weighted by Crippen LogP contribution is 2.40. The SMILES string of the molecule is O=S(=O)(CCc1ccccc1)N1C2CCC1CC(CNc1ncccn1)C2. The summed E-state index contributed by atoms with van der Waals surface area (Å²) in [6.45, 7) is 0.801. The van der Waals surface area contributed by atoms with E-state index < -0.39 is 10.0 Å². The highest BCUT2D eigenvalue weighted by atomic mass is 32.2. The van der Waals surface area contributed by atoms with E-state index in [1.165, 1.54) is 0 Å². The van der Waals surface area contributed by atoms with E-state index in [1.807, 2.05) is 34.6 Å². The quantitative estimate of drug-likeness (QED) is 0.792. The largest absolute Gasteiger partial charge is 0.354 e. The van der Waals surface area contributed by atoms with Gasteiger partial charge in [-0.25, -0.2) is 18.4 Å². The van der Waals surface area contributed by atoms with Crippen molar-refractivity contribution in [3.8, 4) is 0 Å². The zero-order valence-corrected chi connectivity index (χ0v) is 16.2. The molecule has 1 N–H and O–H groups in total. The van der Waals surface area contributed by atoms with Gasteiger partial charge in [0.1, 0.15) is 0 Å². The highest BCUT2D eigenvalue weighted by molar-refractivity contribution is 7.89. The fourth-order valence-electron chi connectivity index (χ4n) is 4.49. The van der Waals surface area contributed by atoms with Crippen LogP contribution in [0, 0.1) is 5.92 Å². The summed E-state index contributed by atoms with van der Waals surface area (Å²) in [7, 11) is -3.22. The van der Waals surface area contributed by atoms with Crippen LogP contribution in [-0.4, -0.2) is 47.1 Å². The van der Waals surface area contributed by atoms with E-state index in [2.05, 4.69) is 15.3 Å². The van der Waals surface area contributed by atoms with Crippen LogP contribution in [0.15, 0.2) is 48.8 Å². The molecule has 2 unspecified atom stereocenters. The van der Waals surface area contributed by atoms with Gasteiger partial charge in [-0.3, -0.25) is 0 Å². The van der Waals surface area contributed by atoms with Crippen molar-refractivity contribution in [1.29, 1.82) is 0 Å². The molecule has 2 saturated heterocycles. The first-order chi connectivity index (χ1) is 13.1. The van der Waals surface area contributed by atoms with Gasteiger partial charge in [-0.15, -0.1) is 0 Å². The topological polar surface area (TPSA) is 75.2 Å². The van der Waals surface area contributed by atoms with Gasteiger partial charge in [0, 0.05) is 31.0 Å². The maximum atomic E-state index is 13.0. The van der Waals surface area contributed by atoms with Crippen LogP contribution in [0.5, 0.6) is 0 Å². The van der Waals surface area contributed by atoms with Crippen molar-refractivity contribution >= 4 is 16.0 Å². The molecule has 2 bridgehead atoms. The number of rotatable bonds is 7. The molecule has 27 heavy (non-hydrogen) atoms. The molecule has 144 valence electrons. The van der Waals surface area contributed by atoms with Gasteiger partial charge in [-0.1, -0.05) is 30.3 Å². The number of fused-ring (bicyclic) bond motifs is 2.